The minimum Gasteiger partial charge on any atom is -0.314 e. The maximum absolute atomic E-state index is 11.1. The Morgan fingerprint density at radius 2 is 1.83 bits per heavy atom. The van der Waals surface area contributed by atoms with E-state index >= 15 is 0 Å². The van der Waals surface area contributed by atoms with Crippen LogP contribution in [0.25, 0.3) is 27.1 Å². The standard InChI is InChI=1S/C23H26N2.C8H6N2O/c1-2-7-20-16(4-1)8-11-22-21(20)10-9-17-5-3-6-18(23(17)22)14-19-15-24-12-13-25-19;11-8-7-4-2-1-3-6(7)5-9-10-8/h2-3,5-7,9-10,19,24-25H,1,4,8,11-15H2;1-5H,(H,10,11). The summed E-state index contributed by atoms with van der Waals surface area (Å²) < 4.78 is 0. The average molecular weight is 477 g/mol. The molecular weight excluding hydrogens is 444 g/mol. The molecule has 1 atom stereocenters. The maximum Gasteiger partial charge on any atom is 0.272 e. The molecule has 5 nitrogen and oxygen atoms in total. The molecule has 0 bridgehead atoms. The Morgan fingerprint density at radius 3 is 2.72 bits per heavy atom. The van der Waals surface area contributed by atoms with Gasteiger partial charge in [-0.1, -0.05) is 66.3 Å². The van der Waals surface area contributed by atoms with E-state index in [0.29, 0.717) is 11.4 Å². The summed E-state index contributed by atoms with van der Waals surface area (Å²) in [5, 5.41) is 17.7. The van der Waals surface area contributed by atoms with Crippen LogP contribution in [-0.4, -0.2) is 35.9 Å². The minimum absolute atomic E-state index is 0.136. The van der Waals surface area contributed by atoms with Crippen LogP contribution in [0.15, 0.2) is 83.3 Å². The van der Waals surface area contributed by atoms with Crippen LogP contribution in [0.2, 0.25) is 0 Å². The first-order valence-electron chi connectivity index (χ1n) is 13.1. The van der Waals surface area contributed by atoms with E-state index < -0.39 is 0 Å². The van der Waals surface area contributed by atoms with Crippen molar-refractivity contribution in [3.63, 3.8) is 0 Å². The molecule has 4 aromatic rings. The summed E-state index contributed by atoms with van der Waals surface area (Å²) in [6, 6.07) is 19.5. The molecule has 3 N–H and O–H groups in total. The van der Waals surface area contributed by atoms with Crippen molar-refractivity contribution < 1.29 is 0 Å². The average Bonchev–Trinajstić information content (AvgIpc) is 2.94. The van der Waals surface area contributed by atoms with E-state index in [1.54, 1.807) is 23.4 Å². The molecule has 1 saturated heterocycles. The number of H-pyrrole nitrogens is 1. The number of piperazine rings is 1. The predicted molar refractivity (Wildman–Crippen MR) is 148 cm³/mol. The smallest absolute Gasteiger partial charge is 0.272 e. The summed E-state index contributed by atoms with van der Waals surface area (Å²) in [5.41, 5.74) is 7.64. The number of benzene rings is 3. The topological polar surface area (TPSA) is 69.8 Å². The van der Waals surface area contributed by atoms with Crippen molar-refractivity contribution in [1.29, 1.82) is 0 Å². The molecular formula is C31H32N4O. The van der Waals surface area contributed by atoms with Crippen LogP contribution in [0.4, 0.5) is 0 Å². The molecule has 0 amide bonds. The molecule has 0 spiro atoms. The lowest BCUT2D eigenvalue weighted by Gasteiger charge is -2.28. The van der Waals surface area contributed by atoms with Gasteiger partial charge in [-0.2, -0.15) is 5.10 Å². The van der Waals surface area contributed by atoms with Gasteiger partial charge in [0.05, 0.1) is 6.20 Å². The Kier molecular flexibility index (Phi) is 6.50. The number of aromatic amines is 1. The molecule has 182 valence electrons. The van der Waals surface area contributed by atoms with E-state index in [9.17, 15) is 4.79 Å². The number of fused-ring (bicyclic) bond motifs is 5. The lowest BCUT2D eigenvalue weighted by atomic mass is 9.78. The Balaban J connectivity index is 0.000000183. The van der Waals surface area contributed by atoms with Crippen LogP contribution < -0.4 is 16.2 Å². The number of hydrogen-bond donors (Lipinski definition) is 3. The number of aromatic nitrogens is 2. The van der Waals surface area contributed by atoms with Crippen molar-refractivity contribution in [3.05, 3.63) is 106 Å². The van der Waals surface area contributed by atoms with Crippen molar-refractivity contribution >= 4 is 27.1 Å². The number of hydrogen-bond acceptors (Lipinski definition) is 4. The molecule has 2 heterocycles. The van der Waals surface area contributed by atoms with Crippen LogP contribution in [0, 0.1) is 0 Å². The molecule has 0 radical (unpaired) electrons. The molecule has 1 aromatic heterocycles. The minimum atomic E-state index is -0.136. The first-order valence-corrected chi connectivity index (χ1v) is 13.1. The van der Waals surface area contributed by atoms with E-state index in [0.717, 1.165) is 31.4 Å². The Bertz CT molecular complexity index is 1520. The fraction of sp³-hybridized carbons (Fsp3) is 0.290. The zero-order chi connectivity index (χ0) is 24.3. The van der Waals surface area contributed by atoms with Gasteiger partial charge in [-0.3, -0.25) is 4.79 Å². The number of nitrogens with one attached hydrogen (secondary N) is 3. The summed E-state index contributed by atoms with van der Waals surface area (Å²) in [5.74, 6) is 0. The van der Waals surface area contributed by atoms with Crippen molar-refractivity contribution in [3.8, 4) is 0 Å². The van der Waals surface area contributed by atoms with Gasteiger partial charge in [0.1, 0.15) is 0 Å². The SMILES string of the molecule is C1=CC2=C(CC1)CCc1c2ccc2cccc(CC3CNCCN3)c12.O=c1[nH]ncc2ccccc12. The third kappa shape index (κ3) is 4.52. The molecule has 5 heteroatoms. The molecule has 0 saturated carbocycles. The van der Waals surface area contributed by atoms with Crippen LogP contribution in [-0.2, 0) is 12.8 Å². The predicted octanol–water partition coefficient (Wildman–Crippen LogP) is 4.92. The molecule has 3 aromatic carbocycles. The van der Waals surface area contributed by atoms with E-state index in [2.05, 4.69) is 63.3 Å². The molecule has 1 unspecified atom stereocenters. The second kappa shape index (κ2) is 10.2. The Morgan fingerprint density at radius 1 is 0.917 bits per heavy atom. The largest absolute Gasteiger partial charge is 0.314 e. The molecule has 36 heavy (non-hydrogen) atoms. The van der Waals surface area contributed by atoms with Gasteiger partial charge in [0.2, 0.25) is 0 Å². The van der Waals surface area contributed by atoms with Crippen molar-refractivity contribution in [2.24, 2.45) is 0 Å². The number of aryl methyl sites for hydroxylation is 1. The third-order valence-corrected chi connectivity index (χ3v) is 7.65. The molecule has 1 aliphatic heterocycles. The van der Waals surface area contributed by atoms with Crippen molar-refractivity contribution in [1.82, 2.24) is 20.8 Å². The lowest BCUT2D eigenvalue weighted by molar-refractivity contribution is 0.417. The second-order valence-electron chi connectivity index (χ2n) is 9.91. The summed E-state index contributed by atoms with van der Waals surface area (Å²) in [7, 11) is 0. The fourth-order valence-electron chi connectivity index (χ4n) is 5.90. The highest BCUT2D eigenvalue weighted by atomic mass is 16.1. The second-order valence-corrected chi connectivity index (χ2v) is 9.91. The zero-order valence-corrected chi connectivity index (χ0v) is 20.5. The van der Waals surface area contributed by atoms with E-state index in [1.165, 1.54) is 53.2 Å². The van der Waals surface area contributed by atoms with Gasteiger partial charge in [0, 0.05) is 36.4 Å². The van der Waals surface area contributed by atoms with E-state index in [-0.39, 0.29) is 5.56 Å². The summed E-state index contributed by atoms with van der Waals surface area (Å²) in [6.45, 7) is 3.24. The molecule has 2 aliphatic carbocycles. The van der Waals surface area contributed by atoms with E-state index in [1.807, 2.05) is 18.2 Å². The highest BCUT2D eigenvalue weighted by molar-refractivity contribution is 5.95. The van der Waals surface area contributed by atoms with Crippen molar-refractivity contribution in [2.75, 3.05) is 19.6 Å². The van der Waals surface area contributed by atoms with Crippen LogP contribution in [0.1, 0.15) is 36.0 Å². The molecule has 1 fully saturated rings. The third-order valence-electron chi connectivity index (χ3n) is 7.65. The Hall–Kier alpha value is -3.54. The van der Waals surface area contributed by atoms with Crippen LogP contribution >= 0.6 is 0 Å². The number of allylic oxidation sites excluding steroid dienone is 4. The summed E-state index contributed by atoms with van der Waals surface area (Å²) in [4.78, 5) is 11.1. The number of nitrogens with zero attached hydrogens (tertiary/aromatic N) is 1. The number of rotatable bonds is 2. The van der Waals surface area contributed by atoms with Gasteiger partial charge < -0.3 is 10.6 Å². The molecule has 7 rings (SSSR count). The maximum atomic E-state index is 11.1. The van der Waals surface area contributed by atoms with Gasteiger partial charge in [-0.15, -0.1) is 0 Å². The monoisotopic (exact) mass is 476 g/mol. The van der Waals surface area contributed by atoms with Crippen LogP contribution in [0.3, 0.4) is 0 Å². The summed E-state index contributed by atoms with van der Waals surface area (Å²) >= 11 is 0. The first kappa shape index (κ1) is 22.9. The molecule has 3 aliphatic rings. The van der Waals surface area contributed by atoms with Crippen molar-refractivity contribution in [2.45, 2.75) is 38.1 Å². The van der Waals surface area contributed by atoms with Gasteiger partial charge in [-0.25, -0.2) is 5.10 Å². The normalized spacial score (nSPS) is 18.9. The van der Waals surface area contributed by atoms with Crippen LogP contribution in [0.5, 0.6) is 0 Å². The lowest BCUT2D eigenvalue weighted by Crippen LogP contribution is -2.49. The first-order chi connectivity index (χ1) is 17.8. The highest BCUT2D eigenvalue weighted by Crippen LogP contribution is 2.40. The van der Waals surface area contributed by atoms with E-state index in [4.69, 9.17) is 0 Å². The quantitative estimate of drug-likeness (QED) is 0.384. The zero-order valence-electron chi connectivity index (χ0n) is 20.5. The van der Waals surface area contributed by atoms with Gasteiger partial charge in [-0.05, 0) is 71.2 Å². The Labute approximate surface area is 211 Å². The van der Waals surface area contributed by atoms with Gasteiger partial charge in [0.25, 0.3) is 5.56 Å². The van der Waals surface area contributed by atoms with Gasteiger partial charge in [0.15, 0.2) is 0 Å². The van der Waals surface area contributed by atoms with Gasteiger partial charge >= 0.3 is 0 Å². The highest BCUT2D eigenvalue weighted by Gasteiger charge is 2.22. The summed E-state index contributed by atoms with van der Waals surface area (Å²) in [6.07, 6.45) is 12.4. The fourth-order valence-corrected chi connectivity index (χ4v) is 5.90.